The summed E-state index contributed by atoms with van der Waals surface area (Å²) in [5.41, 5.74) is 5.14. The zero-order chi connectivity index (χ0) is 22.9. The highest BCUT2D eigenvalue weighted by atomic mass is 16.2. The Morgan fingerprint density at radius 3 is 2.67 bits per heavy atom. The summed E-state index contributed by atoms with van der Waals surface area (Å²) in [6, 6.07) is 7.32. The van der Waals surface area contributed by atoms with Gasteiger partial charge in [-0.25, -0.2) is 9.50 Å². The largest absolute Gasteiger partial charge is 0.343 e. The third-order valence-electron chi connectivity index (χ3n) is 6.97. The van der Waals surface area contributed by atoms with Crippen LogP contribution in [0.1, 0.15) is 71.3 Å². The highest BCUT2D eigenvalue weighted by Gasteiger charge is 2.33. The van der Waals surface area contributed by atoms with Crippen molar-refractivity contribution in [1.29, 1.82) is 0 Å². The lowest BCUT2D eigenvalue weighted by atomic mass is 10.1. The lowest BCUT2D eigenvalue weighted by molar-refractivity contribution is -0.130. The molecule has 5 rings (SSSR count). The Balaban J connectivity index is 1.39. The fourth-order valence-corrected chi connectivity index (χ4v) is 5.18. The summed E-state index contributed by atoms with van der Waals surface area (Å²) in [7, 11) is 0. The maximum absolute atomic E-state index is 13.1. The molecule has 0 bridgehead atoms. The number of amides is 2. The number of nitrogens with zero attached hydrogens (tertiary/aromatic N) is 6. The predicted molar refractivity (Wildman–Crippen MR) is 124 cm³/mol. The van der Waals surface area contributed by atoms with Gasteiger partial charge in [0, 0.05) is 49.7 Å². The van der Waals surface area contributed by atoms with E-state index < -0.39 is 0 Å². The Morgan fingerprint density at radius 1 is 1.09 bits per heavy atom. The number of likely N-dealkylation sites (tertiary alicyclic amines) is 2. The van der Waals surface area contributed by atoms with Crippen LogP contribution in [0, 0.1) is 13.8 Å². The summed E-state index contributed by atoms with van der Waals surface area (Å²) in [4.78, 5) is 38.5. The summed E-state index contributed by atoms with van der Waals surface area (Å²) in [5, 5.41) is 4.87. The normalized spacial score (nSPS) is 18.4. The van der Waals surface area contributed by atoms with Crippen LogP contribution >= 0.6 is 0 Å². The van der Waals surface area contributed by atoms with Gasteiger partial charge >= 0.3 is 0 Å². The Labute approximate surface area is 193 Å². The topological polar surface area (TPSA) is 83.7 Å². The molecule has 3 aromatic heterocycles. The summed E-state index contributed by atoms with van der Waals surface area (Å²) in [6.45, 7) is 6.50. The molecule has 0 aliphatic carbocycles. The Hall–Kier alpha value is -3.29. The molecule has 2 aliphatic rings. The fourth-order valence-electron chi connectivity index (χ4n) is 5.18. The zero-order valence-corrected chi connectivity index (χ0v) is 19.3. The molecular formula is C25H30N6O2. The third kappa shape index (κ3) is 4.10. The molecule has 0 aromatic carbocycles. The van der Waals surface area contributed by atoms with Gasteiger partial charge in [0.15, 0.2) is 5.65 Å². The molecule has 33 heavy (non-hydrogen) atoms. The van der Waals surface area contributed by atoms with Crippen molar-refractivity contribution < 1.29 is 9.59 Å². The van der Waals surface area contributed by atoms with Gasteiger partial charge in [-0.2, -0.15) is 5.10 Å². The van der Waals surface area contributed by atoms with Crippen molar-refractivity contribution in [2.45, 2.75) is 58.4 Å². The first-order valence-corrected chi connectivity index (χ1v) is 11.9. The maximum atomic E-state index is 13.1. The summed E-state index contributed by atoms with van der Waals surface area (Å²) < 4.78 is 1.87. The van der Waals surface area contributed by atoms with Crippen molar-refractivity contribution in [3.05, 3.63) is 58.8 Å². The molecule has 2 amide bonds. The maximum Gasteiger partial charge on any atom is 0.273 e. The van der Waals surface area contributed by atoms with Gasteiger partial charge in [0.05, 0.1) is 11.7 Å². The van der Waals surface area contributed by atoms with Gasteiger partial charge in [-0.05, 0) is 63.6 Å². The van der Waals surface area contributed by atoms with Crippen LogP contribution < -0.4 is 0 Å². The van der Waals surface area contributed by atoms with Crippen molar-refractivity contribution in [2.75, 3.05) is 19.6 Å². The molecule has 0 unspecified atom stereocenters. The van der Waals surface area contributed by atoms with E-state index >= 15 is 0 Å². The van der Waals surface area contributed by atoms with Crippen LogP contribution in [0.5, 0.6) is 0 Å². The average molecular weight is 447 g/mol. The minimum absolute atomic E-state index is 0.0582. The second-order valence-electron chi connectivity index (χ2n) is 9.06. The monoisotopic (exact) mass is 446 g/mol. The molecular weight excluding hydrogens is 416 g/mol. The van der Waals surface area contributed by atoms with E-state index in [-0.39, 0.29) is 17.9 Å². The van der Waals surface area contributed by atoms with Gasteiger partial charge in [0.25, 0.3) is 5.91 Å². The number of rotatable bonds is 5. The summed E-state index contributed by atoms with van der Waals surface area (Å²) in [5.74, 6) is 0.166. The van der Waals surface area contributed by atoms with Gasteiger partial charge < -0.3 is 9.80 Å². The number of hydrogen-bond donors (Lipinski definition) is 0. The van der Waals surface area contributed by atoms with E-state index in [1.165, 1.54) is 0 Å². The SMILES string of the molecule is Cc1nc2cc([C@@H]3CCCN3C(=O)c3ccccn3)nn2c(C)c1CCC(=O)N1CCCC1. The molecule has 172 valence electrons. The van der Waals surface area contributed by atoms with Crippen LogP contribution in [0.4, 0.5) is 0 Å². The van der Waals surface area contributed by atoms with Crippen LogP contribution in [-0.2, 0) is 11.2 Å². The highest BCUT2D eigenvalue weighted by molar-refractivity contribution is 5.92. The van der Waals surface area contributed by atoms with E-state index in [1.54, 1.807) is 12.3 Å². The molecule has 0 saturated carbocycles. The van der Waals surface area contributed by atoms with E-state index in [4.69, 9.17) is 10.1 Å². The molecule has 8 heteroatoms. The van der Waals surface area contributed by atoms with Crippen molar-refractivity contribution >= 4 is 17.5 Å². The van der Waals surface area contributed by atoms with Crippen molar-refractivity contribution in [3.63, 3.8) is 0 Å². The van der Waals surface area contributed by atoms with E-state index in [0.29, 0.717) is 25.1 Å². The molecule has 3 aromatic rings. The fraction of sp³-hybridized carbons (Fsp3) is 0.480. The molecule has 2 aliphatic heterocycles. The van der Waals surface area contributed by atoms with Crippen LogP contribution in [0.25, 0.3) is 5.65 Å². The van der Waals surface area contributed by atoms with Crippen LogP contribution in [0.2, 0.25) is 0 Å². The van der Waals surface area contributed by atoms with Crippen LogP contribution in [0.3, 0.4) is 0 Å². The number of pyridine rings is 1. The third-order valence-corrected chi connectivity index (χ3v) is 6.97. The first kappa shape index (κ1) is 21.6. The van der Waals surface area contributed by atoms with Crippen molar-refractivity contribution in [2.24, 2.45) is 0 Å². The average Bonchev–Trinajstić information content (AvgIpc) is 3.59. The standard InChI is InChI=1S/C25H30N6O2/c1-17-19(10-11-24(32)29-13-5-6-14-29)18(2)31-23(27-17)16-21(28-31)22-9-7-15-30(22)25(33)20-8-3-4-12-26-20/h3-4,8,12,16,22H,5-7,9-11,13-15H2,1-2H3/t22-/m0/s1. The van der Waals surface area contributed by atoms with Gasteiger partial charge in [-0.1, -0.05) is 6.07 Å². The van der Waals surface area contributed by atoms with Crippen molar-refractivity contribution in [1.82, 2.24) is 29.4 Å². The number of carbonyl (C=O) groups is 2. The van der Waals surface area contributed by atoms with E-state index in [1.807, 2.05) is 46.4 Å². The molecule has 1 atom stereocenters. The number of aromatic nitrogens is 4. The minimum Gasteiger partial charge on any atom is -0.343 e. The zero-order valence-electron chi connectivity index (χ0n) is 19.3. The predicted octanol–water partition coefficient (Wildman–Crippen LogP) is 3.27. The summed E-state index contributed by atoms with van der Waals surface area (Å²) >= 11 is 0. The Morgan fingerprint density at radius 2 is 1.91 bits per heavy atom. The minimum atomic E-state index is -0.0823. The number of aryl methyl sites for hydroxylation is 2. The van der Waals surface area contributed by atoms with Gasteiger partial charge in [0.2, 0.25) is 5.91 Å². The second kappa shape index (κ2) is 8.92. The molecule has 2 fully saturated rings. The van der Waals surface area contributed by atoms with Gasteiger partial charge in [0.1, 0.15) is 5.69 Å². The molecule has 0 spiro atoms. The lowest BCUT2D eigenvalue weighted by Crippen LogP contribution is -2.31. The first-order valence-electron chi connectivity index (χ1n) is 11.9. The molecule has 0 radical (unpaired) electrons. The van der Waals surface area contributed by atoms with E-state index in [2.05, 4.69) is 4.98 Å². The van der Waals surface area contributed by atoms with Crippen LogP contribution in [-0.4, -0.2) is 60.8 Å². The van der Waals surface area contributed by atoms with Gasteiger partial charge in [-0.15, -0.1) is 0 Å². The molecule has 0 N–H and O–H groups in total. The molecule has 8 nitrogen and oxygen atoms in total. The van der Waals surface area contributed by atoms with Gasteiger partial charge in [-0.3, -0.25) is 14.6 Å². The first-order chi connectivity index (χ1) is 16.0. The quantitative estimate of drug-likeness (QED) is 0.601. The highest BCUT2D eigenvalue weighted by Crippen LogP contribution is 2.33. The van der Waals surface area contributed by atoms with Crippen molar-refractivity contribution in [3.8, 4) is 0 Å². The number of carbonyl (C=O) groups excluding carboxylic acids is 2. The Kier molecular flexibility index (Phi) is 5.83. The van der Waals surface area contributed by atoms with E-state index in [9.17, 15) is 9.59 Å². The second-order valence-corrected chi connectivity index (χ2v) is 9.06. The summed E-state index contributed by atoms with van der Waals surface area (Å²) in [6.07, 6.45) is 6.83. The van der Waals surface area contributed by atoms with Crippen LogP contribution in [0.15, 0.2) is 30.5 Å². The molecule has 5 heterocycles. The lowest BCUT2D eigenvalue weighted by Gasteiger charge is -2.22. The smallest absolute Gasteiger partial charge is 0.273 e. The Bertz CT molecular complexity index is 1180. The van der Waals surface area contributed by atoms with E-state index in [0.717, 1.165) is 67.1 Å². The number of fused-ring (bicyclic) bond motifs is 1. The molecule has 2 saturated heterocycles. The number of hydrogen-bond acceptors (Lipinski definition) is 5.